The molecule has 4 rings (SSSR count). The monoisotopic (exact) mass is 376 g/mol. The van der Waals surface area contributed by atoms with E-state index in [-0.39, 0.29) is 11.9 Å². The van der Waals surface area contributed by atoms with Crippen LogP contribution in [0.3, 0.4) is 0 Å². The van der Waals surface area contributed by atoms with Gasteiger partial charge in [0.1, 0.15) is 5.69 Å². The molecule has 1 aliphatic rings. The quantitative estimate of drug-likeness (QED) is 0.656. The standard InChI is InChI=1S/C22H24N4O2/c27-21(13-12-20-24-22(25-28-20)19-11-4-6-14-23-19)26-15-7-5-10-18(26)16-17-8-2-1-3-9-17/h1-4,6,8-9,11,14,18H,5,7,10,12-13,15-16H2. The van der Waals surface area contributed by atoms with Crippen molar-refractivity contribution in [2.75, 3.05) is 6.54 Å². The molecule has 1 amide bonds. The first-order chi connectivity index (χ1) is 13.8. The van der Waals surface area contributed by atoms with Crippen molar-refractivity contribution in [3.05, 3.63) is 66.2 Å². The fourth-order valence-electron chi connectivity index (χ4n) is 3.74. The molecule has 3 aromatic rings. The first kappa shape index (κ1) is 18.3. The van der Waals surface area contributed by atoms with Crippen LogP contribution in [-0.2, 0) is 17.6 Å². The number of pyridine rings is 1. The number of amides is 1. The zero-order valence-electron chi connectivity index (χ0n) is 15.8. The van der Waals surface area contributed by atoms with Crippen molar-refractivity contribution in [1.29, 1.82) is 0 Å². The minimum absolute atomic E-state index is 0.165. The normalized spacial score (nSPS) is 16.9. The zero-order valence-corrected chi connectivity index (χ0v) is 15.8. The number of hydrogen-bond acceptors (Lipinski definition) is 5. The predicted octanol–water partition coefficient (Wildman–Crippen LogP) is 3.69. The van der Waals surface area contributed by atoms with Gasteiger partial charge in [-0.1, -0.05) is 41.6 Å². The molecule has 6 heteroatoms. The second kappa shape index (κ2) is 8.78. The molecule has 6 nitrogen and oxygen atoms in total. The first-order valence-corrected chi connectivity index (χ1v) is 9.87. The predicted molar refractivity (Wildman–Crippen MR) is 105 cm³/mol. The van der Waals surface area contributed by atoms with Gasteiger partial charge in [-0.2, -0.15) is 4.98 Å². The number of carbonyl (C=O) groups excluding carboxylic acids is 1. The molecule has 3 heterocycles. The van der Waals surface area contributed by atoms with Gasteiger partial charge in [0.25, 0.3) is 0 Å². The molecular formula is C22H24N4O2. The summed E-state index contributed by atoms with van der Waals surface area (Å²) in [5, 5.41) is 3.97. The van der Waals surface area contributed by atoms with Crippen molar-refractivity contribution in [3.63, 3.8) is 0 Å². The van der Waals surface area contributed by atoms with E-state index in [2.05, 4.69) is 39.4 Å². The van der Waals surface area contributed by atoms with Crippen LogP contribution >= 0.6 is 0 Å². The maximum Gasteiger partial charge on any atom is 0.227 e. The first-order valence-electron chi connectivity index (χ1n) is 9.87. The number of rotatable bonds is 6. The molecule has 0 aliphatic carbocycles. The lowest BCUT2D eigenvalue weighted by atomic mass is 9.95. The summed E-state index contributed by atoms with van der Waals surface area (Å²) in [5.41, 5.74) is 1.95. The molecular weight excluding hydrogens is 352 g/mol. The summed E-state index contributed by atoms with van der Waals surface area (Å²) in [6.07, 6.45) is 6.75. The number of hydrogen-bond donors (Lipinski definition) is 0. The Bertz CT molecular complexity index is 895. The molecule has 1 saturated heterocycles. The van der Waals surface area contributed by atoms with Crippen molar-refractivity contribution < 1.29 is 9.32 Å². The van der Waals surface area contributed by atoms with Gasteiger partial charge in [0.15, 0.2) is 0 Å². The fraction of sp³-hybridized carbons (Fsp3) is 0.364. The number of carbonyl (C=O) groups is 1. The lowest BCUT2D eigenvalue weighted by Gasteiger charge is -2.36. The molecule has 0 saturated carbocycles. The van der Waals surface area contributed by atoms with Gasteiger partial charge < -0.3 is 9.42 Å². The Morgan fingerprint density at radius 2 is 1.96 bits per heavy atom. The second-order valence-corrected chi connectivity index (χ2v) is 7.15. The number of likely N-dealkylation sites (tertiary alicyclic amines) is 1. The van der Waals surface area contributed by atoms with Gasteiger partial charge in [-0.05, 0) is 43.4 Å². The van der Waals surface area contributed by atoms with Crippen LogP contribution in [0.15, 0.2) is 59.3 Å². The van der Waals surface area contributed by atoms with Crippen molar-refractivity contribution in [2.45, 2.75) is 44.6 Å². The molecule has 144 valence electrons. The van der Waals surface area contributed by atoms with E-state index >= 15 is 0 Å². The van der Waals surface area contributed by atoms with Crippen LogP contribution in [0.5, 0.6) is 0 Å². The molecule has 1 fully saturated rings. The van der Waals surface area contributed by atoms with Crippen LogP contribution in [0.4, 0.5) is 0 Å². The number of aromatic nitrogens is 3. The highest BCUT2D eigenvalue weighted by Crippen LogP contribution is 2.22. The number of nitrogens with zero attached hydrogens (tertiary/aromatic N) is 4. The lowest BCUT2D eigenvalue weighted by molar-refractivity contribution is -0.134. The van der Waals surface area contributed by atoms with E-state index in [9.17, 15) is 4.79 Å². The van der Waals surface area contributed by atoms with E-state index < -0.39 is 0 Å². The van der Waals surface area contributed by atoms with Crippen molar-refractivity contribution in [1.82, 2.24) is 20.0 Å². The van der Waals surface area contributed by atoms with Gasteiger partial charge in [0.2, 0.25) is 17.6 Å². The SMILES string of the molecule is O=C(CCc1nc(-c2ccccn2)no1)N1CCCCC1Cc1ccccc1. The molecule has 1 aliphatic heterocycles. The highest BCUT2D eigenvalue weighted by atomic mass is 16.5. The summed E-state index contributed by atoms with van der Waals surface area (Å²) in [5.74, 6) is 1.10. The van der Waals surface area contributed by atoms with Gasteiger partial charge in [-0.3, -0.25) is 9.78 Å². The summed E-state index contributed by atoms with van der Waals surface area (Å²) >= 11 is 0. The van der Waals surface area contributed by atoms with Gasteiger partial charge in [0.05, 0.1) is 0 Å². The maximum absolute atomic E-state index is 12.9. The zero-order chi connectivity index (χ0) is 19.2. The summed E-state index contributed by atoms with van der Waals surface area (Å²) < 4.78 is 5.31. The molecule has 0 N–H and O–H groups in total. The third-order valence-electron chi connectivity index (χ3n) is 5.18. The Morgan fingerprint density at radius 3 is 2.79 bits per heavy atom. The Balaban J connectivity index is 1.36. The highest BCUT2D eigenvalue weighted by Gasteiger charge is 2.27. The van der Waals surface area contributed by atoms with Crippen LogP contribution < -0.4 is 0 Å². The number of piperidine rings is 1. The van der Waals surface area contributed by atoms with E-state index in [1.165, 1.54) is 12.0 Å². The topological polar surface area (TPSA) is 72.1 Å². The van der Waals surface area contributed by atoms with Crippen molar-refractivity contribution in [3.8, 4) is 11.5 Å². The van der Waals surface area contributed by atoms with Crippen molar-refractivity contribution in [2.24, 2.45) is 0 Å². The Kier molecular flexibility index (Phi) is 5.75. The molecule has 28 heavy (non-hydrogen) atoms. The Morgan fingerprint density at radius 1 is 1.11 bits per heavy atom. The Hall–Kier alpha value is -3.02. The van der Waals surface area contributed by atoms with Crippen LogP contribution in [-0.4, -0.2) is 38.5 Å². The Labute approximate surface area is 164 Å². The lowest BCUT2D eigenvalue weighted by Crippen LogP contribution is -2.45. The molecule has 0 spiro atoms. The van der Waals surface area contributed by atoms with Crippen LogP contribution in [0, 0.1) is 0 Å². The number of aryl methyl sites for hydroxylation is 1. The van der Waals surface area contributed by atoms with E-state index in [4.69, 9.17) is 4.52 Å². The summed E-state index contributed by atoms with van der Waals surface area (Å²) in [4.78, 5) is 23.5. The van der Waals surface area contributed by atoms with Crippen LogP contribution in [0.25, 0.3) is 11.5 Å². The minimum atomic E-state index is 0.165. The molecule has 0 bridgehead atoms. The number of benzene rings is 1. The van der Waals surface area contributed by atoms with Gasteiger partial charge in [-0.15, -0.1) is 0 Å². The molecule has 0 radical (unpaired) electrons. The van der Waals surface area contributed by atoms with Gasteiger partial charge in [0, 0.05) is 31.6 Å². The van der Waals surface area contributed by atoms with E-state index in [0.29, 0.717) is 30.3 Å². The van der Waals surface area contributed by atoms with E-state index in [1.807, 2.05) is 29.2 Å². The second-order valence-electron chi connectivity index (χ2n) is 7.15. The summed E-state index contributed by atoms with van der Waals surface area (Å²) in [6.45, 7) is 0.833. The summed E-state index contributed by atoms with van der Waals surface area (Å²) in [6, 6.07) is 16.2. The fourth-order valence-corrected chi connectivity index (χ4v) is 3.74. The van der Waals surface area contributed by atoms with Gasteiger partial charge in [-0.25, -0.2) is 0 Å². The molecule has 1 aromatic carbocycles. The third-order valence-corrected chi connectivity index (χ3v) is 5.18. The average molecular weight is 376 g/mol. The summed E-state index contributed by atoms with van der Waals surface area (Å²) in [7, 11) is 0. The maximum atomic E-state index is 12.9. The molecule has 1 atom stereocenters. The molecule has 1 unspecified atom stereocenters. The van der Waals surface area contributed by atoms with Crippen LogP contribution in [0.1, 0.15) is 37.1 Å². The van der Waals surface area contributed by atoms with Crippen molar-refractivity contribution >= 4 is 5.91 Å². The average Bonchev–Trinajstić information content (AvgIpc) is 3.23. The van der Waals surface area contributed by atoms with Crippen LogP contribution in [0.2, 0.25) is 0 Å². The van der Waals surface area contributed by atoms with E-state index in [1.54, 1.807) is 6.20 Å². The molecule has 2 aromatic heterocycles. The third kappa shape index (κ3) is 4.44. The van der Waals surface area contributed by atoms with E-state index in [0.717, 1.165) is 25.8 Å². The minimum Gasteiger partial charge on any atom is -0.339 e. The highest BCUT2D eigenvalue weighted by molar-refractivity contribution is 5.76. The largest absolute Gasteiger partial charge is 0.339 e. The van der Waals surface area contributed by atoms with Gasteiger partial charge >= 0.3 is 0 Å². The smallest absolute Gasteiger partial charge is 0.227 e.